The van der Waals surface area contributed by atoms with Crippen LogP contribution in [0.5, 0.6) is 5.75 Å². The molecule has 3 nitrogen and oxygen atoms in total. The molecule has 0 saturated carbocycles. The molecule has 0 heterocycles. The molecular formula is C16H16FNO2S. The van der Waals surface area contributed by atoms with Gasteiger partial charge in [0.05, 0.1) is 0 Å². The van der Waals surface area contributed by atoms with Crippen LogP contribution in [0.2, 0.25) is 0 Å². The Morgan fingerprint density at radius 3 is 2.43 bits per heavy atom. The second-order valence-electron chi connectivity index (χ2n) is 4.37. The standard InChI is InChI=1S/C16H16FNO2S/c1-21-15-8-6-14(7-9-15)20-11-16(19)18-10-12-2-4-13(17)5-3-12/h2-9H,10-11H2,1H3,(H,18,19). The van der Waals surface area contributed by atoms with Crippen molar-refractivity contribution in [2.24, 2.45) is 0 Å². The molecule has 2 aromatic rings. The zero-order valence-electron chi connectivity index (χ0n) is 11.6. The summed E-state index contributed by atoms with van der Waals surface area (Å²) in [5.74, 6) is 0.153. The highest BCUT2D eigenvalue weighted by atomic mass is 32.2. The maximum Gasteiger partial charge on any atom is 0.258 e. The summed E-state index contributed by atoms with van der Waals surface area (Å²) in [4.78, 5) is 12.8. The van der Waals surface area contributed by atoms with Crippen molar-refractivity contribution in [2.75, 3.05) is 12.9 Å². The van der Waals surface area contributed by atoms with Crippen LogP contribution < -0.4 is 10.1 Å². The predicted molar refractivity (Wildman–Crippen MR) is 82.0 cm³/mol. The van der Waals surface area contributed by atoms with E-state index in [1.165, 1.54) is 12.1 Å². The van der Waals surface area contributed by atoms with Crippen LogP contribution >= 0.6 is 11.8 Å². The Morgan fingerprint density at radius 1 is 1.14 bits per heavy atom. The van der Waals surface area contributed by atoms with Crippen LogP contribution in [0.1, 0.15) is 5.56 Å². The summed E-state index contributed by atoms with van der Waals surface area (Å²) in [5, 5.41) is 2.72. The van der Waals surface area contributed by atoms with E-state index in [1.807, 2.05) is 30.5 Å². The van der Waals surface area contributed by atoms with E-state index in [4.69, 9.17) is 4.74 Å². The molecule has 0 unspecified atom stereocenters. The molecule has 0 aliphatic rings. The second-order valence-corrected chi connectivity index (χ2v) is 5.25. The minimum absolute atomic E-state index is 0.0419. The van der Waals surface area contributed by atoms with Gasteiger partial charge in [0.1, 0.15) is 11.6 Å². The maximum atomic E-state index is 12.7. The zero-order valence-corrected chi connectivity index (χ0v) is 12.5. The lowest BCUT2D eigenvalue weighted by Crippen LogP contribution is -2.28. The smallest absolute Gasteiger partial charge is 0.258 e. The summed E-state index contributed by atoms with van der Waals surface area (Å²) >= 11 is 1.65. The van der Waals surface area contributed by atoms with E-state index in [0.717, 1.165) is 10.5 Å². The zero-order chi connectivity index (χ0) is 15.1. The molecule has 2 aromatic carbocycles. The van der Waals surface area contributed by atoms with Crippen molar-refractivity contribution < 1.29 is 13.9 Å². The number of hydrogen-bond acceptors (Lipinski definition) is 3. The predicted octanol–water partition coefficient (Wildman–Crippen LogP) is 3.24. The van der Waals surface area contributed by atoms with E-state index in [0.29, 0.717) is 12.3 Å². The van der Waals surface area contributed by atoms with Gasteiger partial charge in [-0.2, -0.15) is 0 Å². The van der Waals surface area contributed by atoms with Crippen LogP contribution in [0, 0.1) is 5.82 Å². The molecule has 1 N–H and O–H groups in total. The number of ether oxygens (including phenoxy) is 1. The Hall–Kier alpha value is -2.01. The lowest BCUT2D eigenvalue weighted by atomic mass is 10.2. The summed E-state index contributed by atoms with van der Waals surface area (Å²) in [7, 11) is 0. The molecule has 0 saturated heterocycles. The van der Waals surface area contributed by atoms with Crippen molar-refractivity contribution in [1.82, 2.24) is 5.32 Å². The van der Waals surface area contributed by atoms with Gasteiger partial charge in [-0.05, 0) is 48.2 Å². The number of thioether (sulfide) groups is 1. The van der Waals surface area contributed by atoms with Gasteiger partial charge in [0.2, 0.25) is 0 Å². The number of hydrogen-bond donors (Lipinski definition) is 1. The van der Waals surface area contributed by atoms with E-state index >= 15 is 0 Å². The van der Waals surface area contributed by atoms with Crippen LogP contribution in [0.4, 0.5) is 4.39 Å². The Labute approximate surface area is 127 Å². The van der Waals surface area contributed by atoms with Crippen molar-refractivity contribution >= 4 is 17.7 Å². The van der Waals surface area contributed by atoms with Crippen molar-refractivity contribution in [1.29, 1.82) is 0 Å². The van der Waals surface area contributed by atoms with Crippen LogP contribution in [0.15, 0.2) is 53.4 Å². The number of benzene rings is 2. The van der Waals surface area contributed by atoms with Crippen molar-refractivity contribution in [3.8, 4) is 5.75 Å². The third kappa shape index (κ3) is 5.11. The summed E-state index contributed by atoms with van der Waals surface area (Å²) in [6.45, 7) is 0.313. The maximum absolute atomic E-state index is 12.7. The summed E-state index contributed by atoms with van der Waals surface area (Å²) in [6, 6.07) is 13.6. The third-order valence-electron chi connectivity index (χ3n) is 2.83. The Morgan fingerprint density at radius 2 is 1.81 bits per heavy atom. The van der Waals surface area contributed by atoms with Crippen molar-refractivity contribution in [2.45, 2.75) is 11.4 Å². The highest BCUT2D eigenvalue weighted by Gasteiger charge is 2.03. The molecule has 110 valence electrons. The summed E-state index contributed by atoms with van der Waals surface area (Å²) in [6.07, 6.45) is 2.00. The Balaban J connectivity index is 1.75. The van der Waals surface area contributed by atoms with Gasteiger partial charge in [-0.25, -0.2) is 4.39 Å². The molecule has 0 aromatic heterocycles. The van der Waals surface area contributed by atoms with E-state index in [1.54, 1.807) is 23.9 Å². The topological polar surface area (TPSA) is 38.3 Å². The molecule has 0 fully saturated rings. The number of rotatable bonds is 6. The first-order valence-corrected chi connectivity index (χ1v) is 7.68. The van der Waals surface area contributed by atoms with Gasteiger partial charge in [-0.15, -0.1) is 11.8 Å². The van der Waals surface area contributed by atoms with Gasteiger partial charge >= 0.3 is 0 Å². The molecule has 0 aliphatic heterocycles. The number of carbonyl (C=O) groups is 1. The van der Waals surface area contributed by atoms with E-state index < -0.39 is 0 Å². The molecule has 0 atom stereocenters. The van der Waals surface area contributed by atoms with Crippen LogP contribution in [0.3, 0.4) is 0 Å². The fourth-order valence-corrected chi connectivity index (χ4v) is 2.08. The minimum atomic E-state index is -0.290. The first-order chi connectivity index (χ1) is 10.2. The highest BCUT2D eigenvalue weighted by molar-refractivity contribution is 7.98. The lowest BCUT2D eigenvalue weighted by molar-refractivity contribution is -0.123. The average molecular weight is 305 g/mol. The van der Waals surface area contributed by atoms with Crippen LogP contribution in [-0.4, -0.2) is 18.8 Å². The fourth-order valence-electron chi connectivity index (χ4n) is 1.67. The van der Waals surface area contributed by atoms with Gasteiger partial charge in [-0.1, -0.05) is 12.1 Å². The molecule has 5 heteroatoms. The monoisotopic (exact) mass is 305 g/mol. The lowest BCUT2D eigenvalue weighted by Gasteiger charge is -2.08. The first-order valence-electron chi connectivity index (χ1n) is 6.45. The van der Waals surface area contributed by atoms with Crippen molar-refractivity contribution in [3.63, 3.8) is 0 Å². The van der Waals surface area contributed by atoms with E-state index in [2.05, 4.69) is 5.32 Å². The number of nitrogens with one attached hydrogen (secondary N) is 1. The second kappa shape index (κ2) is 7.69. The van der Waals surface area contributed by atoms with Crippen molar-refractivity contribution in [3.05, 3.63) is 59.9 Å². The molecule has 0 aliphatic carbocycles. The van der Waals surface area contributed by atoms with E-state index in [-0.39, 0.29) is 18.3 Å². The molecule has 2 rings (SSSR count). The first kappa shape index (κ1) is 15.4. The van der Waals surface area contributed by atoms with Crippen LogP contribution in [-0.2, 0) is 11.3 Å². The van der Waals surface area contributed by atoms with Gasteiger partial charge in [0.15, 0.2) is 6.61 Å². The molecule has 0 bridgehead atoms. The number of amides is 1. The molecular weight excluding hydrogens is 289 g/mol. The van der Waals surface area contributed by atoms with Gasteiger partial charge in [-0.3, -0.25) is 4.79 Å². The SMILES string of the molecule is CSc1ccc(OCC(=O)NCc2ccc(F)cc2)cc1. The third-order valence-corrected chi connectivity index (χ3v) is 3.58. The largest absolute Gasteiger partial charge is 0.484 e. The van der Waals surface area contributed by atoms with Gasteiger partial charge in [0, 0.05) is 11.4 Å². The molecule has 21 heavy (non-hydrogen) atoms. The van der Waals surface area contributed by atoms with E-state index in [9.17, 15) is 9.18 Å². The fraction of sp³-hybridized carbons (Fsp3) is 0.188. The Bertz CT molecular complexity index is 584. The Kier molecular flexibility index (Phi) is 5.63. The van der Waals surface area contributed by atoms with Crippen LogP contribution in [0.25, 0.3) is 0 Å². The summed E-state index contributed by atoms with van der Waals surface area (Å²) in [5.41, 5.74) is 0.842. The molecule has 0 radical (unpaired) electrons. The van der Waals surface area contributed by atoms with Gasteiger partial charge < -0.3 is 10.1 Å². The minimum Gasteiger partial charge on any atom is -0.484 e. The number of halogens is 1. The molecule has 1 amide bonds. The van der Waals surface area contributed by atoms with Gasteiger partial charge in [0.25, 0.3) is 5.91 Å². The average Bonchev–Trinajstić information content (AvgIpc) is 2.53. The molecule has 0 spiro atoms. The number of carbonyl (C=O) groups excluding carboxylic acids is 1. The quantitative estimate of drug-likeness (QED) is 0.833. The highest BCUT2D eigenvalue weighted by Crippen LogP contribution is 2.18. The normalized spacial score (nSPS) is 10.2. The summed E-state index contributed by atoms with van der Waals surface area (Å²) < 4.78 is 18.1.